The number of nitrogens with one attached hydrogen (secondary N) is 1. The van der Waals surface area contributed by atoms with Crippen LogP contribution in [0.2, 0.25) is 0 Å². The van der Waals surface area contributed by atoms with Crippen molar-refractivity contribution in [3.63, 3.8) is 0 Å². The maximum atomic E-state index is 4.64. The lowest BCUT2D eigenvalue weighted by Gasteiger charge is -2.24. The molecule has 3 heteroatoms. The van der Waals surface area contributed by atoms with Gasteiger partial charge in [0.1, 0.15) is 0 Å². The van der Waals surface area contributed by atoms with E-state index < -0.39 is 0 Å². The molecule has 2 saturated carbocycles. The van der Waals surface area contributed by atoms with Crippen LogP contribution in [0.25, 0.3) is 0 Å². The van der Waals surface area contributed by atoms with Crippen LogP contribution >= 0.6 is 11.8 Å². The second-order valence-electron chi connectivity index (χ2n) is 6.01. The summed E-state index contributed by atoms with van der Waals surface area (Å²) in [5.74, 6) is 0.982. The first-order valence-corrected chi connectivity index (χ1v) is 7.58. The highest BCUT2D eigenvalue weighted by atomic mass is 32.2. The Hall–Kier alpha value is -0.180. The molecule has 0 bridgehead atoms. The molecule has 0 aromatic carbocycles. The number of amidine groups is 1. The zero-order valence-corrected chi connectivity index (χ0v) is 11.0. The summed E-state index contributed by atoms with van der Waals surface area (Å²) in [6.45, 7) is 4.62. The van der Waals surface area contributed by atoms with Crippen LogP contribution in [0.4, 0.5) is 0 Å². The van der Waals surface area contributed by atoms with Gasteiger partial charge in [-0.05, 0) is 37.0 Å². The Morgan fingerprint density at radius 3 is 2.81 bits per heavy atom. The average molecular weight is 238 g/mol. The number of nitrogens with zero attached hydrogens (tertiary/aromatic N) is 1. The summed E-state index contributed by atoms with van der Waals surface area (Å²) in [6, 6.07) is 0. The van der Waals surface area contributed by atoms with E-state index in [1.807, 2.05) is 11.8 Å². The molecule has 1 heterocycles. The summed E-state index contributed by atoms with van der Waals surface area (Å²) in [5, 5.41) is 5.62. The van der Waals surface area contributed by atoms with E-state index in [1.54, 1.807) is 0 Å². The highest BCUT2D eigenvalue weighted by Crippen LogP contribution is 2.42. The molecular weight excluding hydrogens is 216 g/mol. The molecular formula is C13H22N2S. The molecule has 3 aliphatic rings. The van der Waals surface area contributed by atoms with Gasteiger partial charge in [0.2, 0.25) is 0 Å². The monoisotopic (exact) mass is 238 g/mol. The van der Waals surface area contributed by atoms with Gasteiger partial charge >= 0.3 is 0 Å². The second kappa shape index (κ2) is 4.25. The van der Waals surface area contributed by atoms with E-state index in [0.29, 0.717) is 5.41 Å². The van der Waals surface area contributed by atoms with Crippen LogP contribution < -0.4 is 5.32 Å². The van der Waals surface area contributed by atoms with Gasteiger partial charge in [-0.2, -0.15) is 0 Å². The molecule has 0 saturated heterocycles. The molecule has 2 fully saturated rings. The number of hydrogen-bond acceptors (Lipinski definition) is 3. The van der Waals surface area contributed by atoms with Crippen LogP contribution in [0.5, 0.6) is 0 Å². The van der Waals surface area contributed by atoms with Crippen molar-refractivity contribution < 1.29 is 0 Å². The number of aliphatic imine (C=N–C) groups is 1. The van der Waals surface area contributed by atoms with Crippen LogP contribution in [0.1, 0.15) is 45.4 Å². The Morgan fingerprint density at radius 2 is 2.12 bits per heavy atom. The van der Waals surface area contributed by atoms with Crippen LogP contribution in [0.3, 0.4) is 0 Å². The van der Waals surface area contributed by atoms with E-state index in [9.17, 15) is 0 Å². The second-order valence-corrected chi connectivity index (χ2v) is 7.24. The quantitative estimate of drug-likeness (QED) is 0.817. The molecule has 1 unspecified atom stereocenters. The van der Waals surface area contributed by atoms with E-state index in [2.05, 4.69) is 17.2 Å². The normalized spacial score (nSPS) is 32.8. The molecule has 2 aliphatic carbocycles. The van der Waals surface area contributed by atoms with Crippen molar-refractivity contribution in [3.05, 3.63) is 0 Å². The average Bonchev–Trinajstić information content (AvgIpc) is 2.87. The molecule has 0 aromatic rings. The smallest absolute Gasteiger partial charge is 0.156 e. The Kier molecular flexibility index (Phi) is 2.90. The van der Waals surface area contributed by atoms with Gasteiger partial charge in [0.05, 0.1) is 6.54 Å². The van der Waals surface area contributed by atoms with Gasteiger partial charge in [-0.3, -0.25) is 4.99 Å². The first-order valence-electron chi connectivity index (χ1n) is 6.70. The first-order chi connectivity index (χ1) is 7.75. The van der Waals surface area contributed by atoms with Crippen molar-refractivity contribution in [2.45, 2.75) is 50.7 Å². The van der Waals surface area contributed by atoms with Gasteiger partial charge in [-0.1, -0.05) is 31.5 Å². The van der Waals surface area contributed by atoms with Gasteiger partial charge in [0, 0.05) is 11.8 Å². The van der Waals surface area contributed by atoms with Crippen molar-refractivity contribution in [3.8, 4) is 0 Å². The Labute approximate surface area is 103 Å². The Morgan fingerprint density at radius 1 is 1.38 bits per heavy atom. The number of hydrogen-bond donors (Lipinski definition) is 1. The molecule has 1 atom stereocenters. The lowest BCUT2D eigenvalue weighted by atomic mass is 9.89. The zero-order valence-electron chi connectivity index (χ0n) is 10.2. The predicted octanol–water partition coefficient (Wildman–Crippen LogP) is 3.04. The van der Waals surface area contributed by atoms with E-state index in [1.165, 1.54) is 43.7 Å². The van der Waals surface area contributed by atoms with E-state index in [4.69, 9.17) is 0 Å². The zero-order chi connectivity index (χ0) is 11.0. The minimum atomic E-state index is 0.542. The minimum Gasteiger partial charge on any atom is -0.364 e. The summed E-state index contributed by atoms with van der Waals surface area (Å²) < 4.78 is 0. The molecule has 0 radical (unpaired) electrons. The number of thioether (sulfide) groups is 1. The third-order valence-corrected chi connectivity index (χ3v) is 5.64. The largest absolute Gasteiger partial charge is 0.364 e. The van der Waals surface area contributed by atoms with Gasteiger partial charge in [-0.25, -0.2) is 0 Å². The van der Waals surface area contributed by atoms with Gasteiger partial charge in [-0.15, -0.1) is 0 Å². The third kappa shape index (κ3) is 2.39. The van der Waals surface area contributed by atoms with Crippen LogP contribution in [-0.2, 0) is 0 Å². The fourth-order valence-corrected chi connectivity index (χ4v) is 4.10. The highest BCUT2D eigenvalue weighted by Gasteiger charge is 2.36. The maximum absolute atomic E-state index is 4.64. The summed E-state index contributed by atoms with van der Waals surface area (Å²) in [7, 11) is 0. The minimum absolute atomic E-state index is 0.542. The maximum Gasteiger partial charge on any atom is 0.156 e. The number of rotatable bonds is 3. The van der Waals surface area contributed by atoms with Crippen LogP contribution in [0.15, 0.2) is 4.99 Å². The Balaban J connectivity index is 1.45. The SMILES string of the molecule is CC1(CNC2=NCC(C3CC3)S2)CCCC1. The lowest BCUT2D eigenvalue weighted by molar-refractivity contribution is 0.336. The molecule has 1 aliphatic heterocycles. The fourth-order valence-electron chi connectivity index (χ4n) is 2.90. The van der Waals surface area contributed by atoms with E-state index >= 15 is 0 Å². The van der Waals surface area contributed by atoms with Crippen LogP contribution in [0, 0.1) is 11.3 Å². The van der Waals surface area contributed by atoms with Crippen molar-refractivity contribution in [1.82, 2.24) is 5.32 Å². The van der Waals surface area contributed by atoms with Crippen molar-refractivity contribution >= 4 is 16.9 Å². The lowest BCUT2D eigenvalue weighted by Crippen LogP contribution is -2.32. The fraction of sp³-hybridized carbons (Fsp3) is 0.923. The summed E-state index contributed by atoms with van der Waals surface area (Å²) in [5.41, 5.74) is 0.542. The molecule has 0 amide bonds. The van der Waals surface area contributed by atoms with Crippen molar-refractivity contribution in [2.75, 3.05) is 13.1 Å². The molecule has 3 rings (SSSR count). The third-order valence-electron chi connectivity index (χ3n) is 4.30. The van der Waals surface area contributed by atoms with E-state index in [0.717, 1.165) is 24.3 Å². The topological polar surface area (TPSA) is 24.4 Å². The molecule has 90 valence electrons. The Bertz CT molecular complexity index is 290. The van der Waals surface area contributed by atoms with Gasteiger partial charge in [0.25, 0.3) is 0 Å². The first kappa shape index (κ1) is 10.9. The standard InChI is InChI=1S/C13H22N2S/c1-13(6-2-3-7-13)9-15-12-14-8-11(16-12)10-4-5-10/h10-11H,2-9H2,1H3,(H,14,15). The van der Waals surface area contributed by atoms with E-state index in [-0.39, 0.29) is 0 Å². The molecule has 2 nitrogen and oxygen atoms in total. The van der Waals surface area contributed by atoms with Gasteiger partial charge < -0.3 is 5.32 Å². The molecule has 0 spiro atoms. The summed E-state index contributed by atoms with van der Waals surface area (Å²) in [4.78, 5) is 4.64. The van der Waals surface area contributed by atoms with Gasteiger partial charge in [0.15, 0.2) is 5.17 Å². The summed E-state index contributed by atoms with van der Waals surface area (Å²) in [6.07, 6.45) is 8.51. The summed E-state index contributed by atoms with van der Waals surface area (Å²) >= 11 is 2.00. The predicted molar refractivity (Wildman–Crippen MR) is 71.0 cm³/mol. The highest BCUT2D eigenvalue weighted by molar-refractivity contribution is 8.14. The van der Waals surface area contributed by atoms with Crippen molar-refractivity contribution in [1.29, 1.82) is 0 Å². The van der Waals surface area contributed by atoms with Crippen molar-refractivity contribution in [2.24, 2.45) is 16.3 Å². The molecule has 0 aromatic heterocycles. The molecule has 1 N–H and O–H groups in total. The molecule has 16 heavy (non-hydrogen) atoms. The van der Waals surface area contributed by atoms with Crippen LogP contribution in [-0.4, -0.2) is 23.5 Å².